The van der Waals surface area contributed by atoms with Crippen LogP contribution in [0.25, 0.3) is 16.8 Å². The molecule has 0 radical (unpaired) electrons. The van der Waals surface area contributed by atoms with Crippen LogP contribution >= 0.6 is 0 Å². The normalized spacial score (nSPS) is 18.6. The zero-order valence-electron chi connectivity index (χ0n) is 16.0. The first-order chi connectivity index (χ1) is 14.7. The Morgan fingerprint density at radius 3 is 2.77 bits per heavy atom. The van der Waals surface area contributed by atoms with Crippen molar-refractivity contribution < 1.29 is 13.6 Å². The molecule has 8 nitrogen and oxygen atoms in total. The number of carbonyl (C=O) groups is 1. The van der Waals surface area contributed by atoms with Crippen LogP contribution in [0.2, 0.25) is 0 Å². The zero-order valence-corrected chi connectivity index (χ0v) is 16.0. The number of carbonyl (C=O) groups excluding carboxylic acids is 1. The third-order valence-electron chi connectivity index (χ3n) is 5.27. The molecule has 30 heavy (non-hydrogen) atoms. The van der Waals surface area contributed by atoms with Gasteiger partial charge in [0.25, 0.3) is 11.9 Å². The number of para-hydroxylation sites is 1. The lowest BCUT2D eigenvalue weighted by Gasteiger charge is -2.22. The molecule has 1 aliphatic rings. The smallest absolute Gasteiger partial charge is 0.295 e. The average Bonchev–Trinajstić information content (AvgIpc) is 3.49. The summed E-state index contributed by atoms with van der Waals surface area (Å²) in [7, 11) is 0. The van der Waals surface area contributed by atoms with E-state index in [9.17, 15) is 9.18 Å². The summed E-state index contributed by atoms with van der Waals surface area (Å²) in [6.07, 6.45) is 5.79. The first-order valence-electron chi connectivity index (χ1n) is 9.76. The van der Waals surface area contributed by atoms with Crippen LogP contribution < -0.4 is 10.6 Å². The number of oxazole rings is 1. The molecule has 1 amide bonds. The molecule has 2 aromatic heterocycles. The standard InChI is InChI=1S/C21H19FN6O2/c22-13-8-9-19-17(12-13)27-21(30-19)26-16-6-3-5-15(16)25-20(29)14-4-1-2-7-18(14)28-23-10-11-24-28/h1-2,4,7-12,15-16H,3,5-6H2,(H,25,29)(H,26,27)/t15-,16+/m1/s1. The van der Waals surface area contributed by atoms with Crippen molar-refractivity contribution in [2.75, 3.05) is 5.32 Å². The lowest BCUT2D eigenvalue weighted by Crippen LogP contribution is -2.43. The number of rotatable bonds is 5. The molecule has 5 rings (SSSR count). The van der Waals surface area contributed by atoms with Gasteiger partial charge >= 0.3 is 0 Å². The van der Waals surface area contributed by atoms with Gasteiger partial charge in [-0.25, -0.2) is 4.39 Å². The van der Waals surface area contributed by atoms with Gasteiger partial charge in [-0.2, -0.15) is 20.0 Å². The molecule has 2 atom stereocenters. The maximum atomic E-state index is 13.4. The highest BCUT2D eigenvalue weighted by Crippen LogP contribution is 2.26. The minimum atomic E-state index is -0.362. The highest BCUT2D eigenvalue weighted by atomic mass is 19.1. The van der Waals surface area contributed by atoms with Crippen molar-refractivity contribution in [1.29, 1.82) is 0 Å². The topological polar surface area (TPSA) is 97.9 Å². The molecular weight excluding hydrogens is 387 g/mol. The Balaban J connectivity index is 1.33. The first-order valence-corrected chi connectivity index (χ1v) is 9.76. The van der Waals surface area contributed by atoms with Crippen molar-refractivity contribution >= 4 is 23.0 Å². The second-order valence-electron chi connectivity index (χ2n) is 7.23. The van der Waals surface area contributed by atoms with E-state index < -0.39 is 0 Å². The maximum Gasteiger partial charge on any atom is 0.295 e. The second kappa shape index (κ2) is 7.58. The van der Waals surface area contributed by atoms with Gasteiger partial charge in [0.1, 0.15) is 11.3 Å². The molecule has 0 bridgehead atoms. The van der Waals surface area contributed by atoms with Crippen LogP contribution in [0.5, 0.6) is 0 Å². The van der Waals surface area contributed by atoms with Gasteiger partial charge in [0.15, 0.2) is 5.58 Å². The Kier molecular flexibility index (Phi) is 4.62. The minimum absolute atomic E-state index is 0.0400. The van der Waals surface area contributed by atoms with E-state index in [1.165, 1.54) is 16.9 Å². The van der Waals surface area contributed by atoms with E-state index in [1.54, 1.807) is 30.6 Å². The van der Waals surface area contributed by atoms with E-state index in [-0.39, 0.29) is 23.8 Å². The van der Waals surface area contributed by atoms with Crippen molar-refractivity contribution in [3.63, 3.8) is 0 Å². The fourth-order valence-corrected chi connectivity index (χ4v) is 3.85. The van der Waals surface area contributed by atoms with Gasteiger partial charge in [-0.3, -0.25) is 4.79 Å². The first kappa shape index (κ1) is 18.3. The Morgan fingerprint density at radius 1 is 1.10 bits per heavy atom. The number of halogens is 1. The number of fused-ring (bicyclic) bond motifs is 1. The number of nitrogens with zero attached hydrogens (tertiary/aromatic N) is 4. The Bertz CT molecular complexity index is 1190. The predicted octanol–water partition coefficient (Wildman–Crippen LogP) is 3.31. The average molecular weight is 406 g/mol. The third-order valence-corrected chi connectivity index (χ3v) is 5.27. The summed E-state index contributed by atoms with van der Waals surface area (Å²) < 4.78 is 19.1. The van der Waals surface area contributed by atoms with Crippen LogP contribution in [0, 0.1) is 5.82 Å². The number of hydrogen-bond acceptors (Lipinski definition) is 6. The zero-order chi connectivity index (χ0) is 20.5. The molecule has 0 saturated heterocycles. The third kappa shape index (κ3) is 3.49. The minimum Gasteiger partial charge on any atom is -0.424 e. The maximum absolute atomic E-state index is 13.4. The van der Waals surface area contributed by atoms with E-state index in [1.807, 2.05) is 12.1 Å². The number of nitrogens with one attached hydrogen (secondary N) is 2. The molecule has 1 fully saturated rings. The predicted molar refractivity (Wildman–Crippen MR) is 108 cm³/mol. The largest absolute Gasteiger partial charge is 0.424 e. The number of aromatic nitrogens is 4. The summed E-state index contributed by atoms with van der Waals surface area (Å²) in [6, 6.07) is 11.6. The molecule has 0 spiro atoms. The van der Waals surface area contributed by atoms with Gasteiger partial charge in [-0.15, -0.1) is 0 Å². The van der Waals surface area contributed by atoms with Crippen LogP contribution in [0.15, 0.2) is 59.3 Å². The van der Waals surface area contributed by atoms with Crippen molar-refractivity contribution in [2.45, 2.75) is 31.3 Å². The molecule has 2 N–H and O–H groups in total. The number of benzene rings is 2. The van der Waals surface area contributed by atoms with E-state index in [4.69, 9.17) is 4.42 Å². The van der Waals surface area contributed by atoms with Crippen molar-refractivity contribution in [2.24, 2.45) is 0 Å². The summed E-state index contributed by atoms with van der Waals surface area (Å²) in [5.41, 5.74) is 2.08. The monoisotopic (exact) mass is 406 g/mol. The lowest BCUT2D eigenvalue weighted by atomic mass is 10.1. The van der Waals surface area contributed by atoms with Crippen molar-refractivity contribution in [1.82, 2.24) is 25.3 Å². The molecule has 2 heterocycles. The van der Waals surface area contributed by atoms with E-state index in [0.29, 0.717) is 28.4 Å². The molecule has 152 valence electrons. The van der Waals surface area contributed by atoms with E-state index in [2.05, 4.69) is 25.8 Å². The number of anilines is 1. The molecule has 0 unspecified atom stereocenters. The van der Waals surface area contributed by atoms with E-state index in [0.717, 1.165) is 19.3 Å². The van der Waals surface area contributed by atoms with Gasteiger partial charge < -0.3 is 15.1 Å². The molecule has 4 aromatic rings. The molecular formula is C21H19FN6O2. The van der Waals surface area contributed by atoms with Crippen LogP contribution in [-0.4, -0.2) is 38.0 Å². The fourth-order valence-electron chi connectivity index (χ4n) is 3.85. The fraction of sp³-hybridized carbons (Fsp3) is 0.238. The summed E-state index contributed by atoms with van der Waals surface area (Å²) in [4.78, 5) is 18.7. The van der Waals surface area contributed by atoms with Crippen molar-refractivity contribution in [3.05, 3.63) is 66.2 Å². The molecule has 1 saturated carbocycles. The SMILES string of the molecule is O=C(N[C@@H]1CCC[C@@H]1Nc1nc2cc(F)ccc2o1)c1ccccc1-n1nccn1. The van der Waals surface area contributed by atoms with Gasteiger partial charge in [-0.1, -0.05) is 12.1 Å². The number of hydrogen-bond donors (Lipinski definition) is 2. The highest BCUT2D eigenvalue weighted by molar-refractivity contribution is 5.98. The molecule has 9 heteroatoms. The van der Waals surface area contributed by atoms with Crippen LogP contribution in [0.4, 0.5) is 10.4 Å². The van der Waals surface area contributed by atoms with Crippen LogP contribution in [-0.2, 0) is 0 Å². The Hall–Kier alpha value is -3.75. The summed E-state index contributed by atoms with van der Waals surface area (Å²) in [5, 5.41) is 14.6. The van der Waals surface area contributed by atoms with Gasteiger partial charge in [-0.05, 0) is 43.5 Å². The quantitative estimate of drug-likeness (QED) is 0.528. The lowest BCUT2D eigenvalue weighted by molar-refractivity contribution is 0.0935. The van der Waals surface area contributed by atoms with Crippen molar-refractivity contribution in [3.8, 4) is 5.69 Å². The highest BCUT2D eigenvalue weighted by Gasteiger charge is 2.30. The second-order valence-corrected chi connectivity index (χ2v) is 7.23. The number of amides is 1. The van der Waals surface area contributed by atoms with Crippen LogP contribution in [0.3, 0.4) is 0 Å². The summed E-state index contributed by atoms with van der Waals surface area (Å²) in [5.74, 6) is -0.556. The van der Waals surface area contributed by atoms with Gasteiger partial charge in [0.2, 0.25) is 0 Å². The summed E-state index contributed by atoms with van der Waals surface area (Å²) >= 11 is 0. The van der Waals surface area contributed by atoms with E-state index >= 15 is 0 Å². The Labute approximate surface area is 171 Å². The molecule has 1 aliphatic carbocycles. The molecule has 0 aliphatic heterocycles. The molecule has 2 aromatic carbocycles. The summed E-state index contributed by atoms with van der Waals surface area (Å²) in [6.45, 7) is 0. The Morgan fingerprint density at radius 2 is 1.90 bits per heavy atom. The van der Waals surface area contributed by atoms with Gasteiger partial charge in [0, 0.05) is 12.1 Å². The van der Waals surface area contributed by atoms with Gasteiger partial charge in [0.05, 0.1) is 29.7 Å². The van der Waals surface area contributed by atoms with Crippen LogP contribution in [0.1, 0.15) is 29.6 Å².